The fraction of sp³-hybridized carbons (Fsp3) is 0.174. The number of carbonyl (C=O) groups is 1. The molecule has 1 amide bonds. The van der Waals surface area contributed by atoms with Gasteiger partial charge < -0.3 is 24.3 Å². The average molecular weight is 473 g/mol. The number of anilines is 2. The van der Waals surface area contributed by atoms with Crippen LogP contribution in [0.15, 0.2) is 65.6 Å². The van der Waals surface area contributed by atoms with Crippen molar-refractivity contribution in [2.24, 2.45) is 0 Å². The highest BCUT2D eigenvalue weighted by atomic mass is 32.2. The summed E-state index contributed by atoms with van der Waals surface area (Å²) in [5.41, 5.74) is 0.502. The highest BCUT2D eigenvalue weighted by molar-refractivity contribution is 7.92. The van der Waals surface area contributed by atoms with Gasteiger partial charge in [0.2, 0.25) is 0 Å². The molecule has 0 aliphatic rings. The zero-order valence-electron chi connectivity index (χ0n) is 18.5. The van der Waals surface area contributed by atoms with Crippen LogP contribution in [0.5, 0.6) is 23.0 Å². The van der Waals surface area contributed by atoms with Crippen molar-refractivity contribution in [1.29, 1.82) is 0 Å². The monoisotopic (exact) mass is 472 g/mol. The van der Waals surface area contributed by atoms with Crippen LogP contribution in [0.4, 0.5) is 11.4 Å². The summed E-state index contributed by atoms with van der Waals surface area (Å²) >= 11 is 0. The van der Waals surface area contributed by atoms with Gasteiger partial charge in [-0.05, 0) is 48.5 Å². The maximum Gasteiger partial charge on any atom is 0.264 e. The molecule has 0 aliphatic heterocycles. The predicted octanol–water partition coefficient (Wildman–Crippen LogP) is 3.77. The molecule has 0 fully saturated rings. The molecule has 3 aromatic carbocycles. The maximum atomic E-state index is 13.2. The van der Waals surface area contributed by atoms with Crippen molar-refractivity contribution < 1.29 is 32.2 Å². The van der Waals surface area contributed by atoms with Gasteiger partial charge in [-0.25, -0.2) is 8.42 Å². The summed E-state index contributed by atoms with van der Waals surface area (Å²) in [7, 11) is 1.68. The minimum Gasteiger partial charge on any atom is -0.497 e. The molecule has 0 bridgehead atoms. The van der Waals surface area contributed by atoms with Crippen molar-refractivity contribution in [3.05, 3.63) is 66.2 Å². The lowest BCUT2D eigenvalue weighted by Crippen LogP contribution is -2.19. The van der Waals surface area contributed by atoms with Gasteiger partial charge in [0.15, 0.2) is 0 Å². The molecule has 174 valence electrons. The summed E-state index contributed by atoms with van der Waals surface area (Å²) in [4.78, 5) is 12.9. The highest BCUT2D eigenvalue weighted by Crippen LogP contribution is 2.32. The van der Waals surface area contributed by atoms with Crippen molar-refractivity contribution >= 4 is 27.3 Å². The van der Waals surface area contributed by atoms with E-state index in [0.717, 1.165) is 0 Å². The molecular formula is C23H24N2O7S. The lowest BCUT2D eigenvalue weighted by atomic mass is 10.1. The molecule has 0 atom stereocenters. The number of hydrogen-bond acceptors (Lipinski definition) is 7. The van der Waals surface area contributed by atoms with Gasteiger partial charge in [0.25, 0.3) is 15.9 Å². The highest BCUT2D eigenvalue weighted by Gasteiger charge is 2.24. The Labute approximate surface area is 192 Å². The predicted molar refractivity (Wildman–Crippen MR) is 124 cm³/mol. The molecule has 3 aromatic rings. The smallest absolute Gasteiger partial charge is 0.264 e. The second-order valence-electron chi connectivity index (χ2n) is 6.69. The Morgan fingerprint density at radius 1 is 0.758 bits per heavy atom. The summed E-state index contributed by atoms with van der Waals surface area (Å²) in [5, 5.41) is 2.64. The minimum absolute atomic E-state index is 0.0507. The van der Waals surface area contributed by atoms with Gasteiger partial charge in [-0.3, -0.25) is 9.52 Å². The van der Waals surface area contributed by atoms with E-state index in [1.807, 2.05) is 0 Å². The molecule has 0 spiro atoms. The first-order valence-electron chi connectivity index (χ1n) is 9.70. The molecule has 3 rings (SSSR count). The molecule has 9 nitrogen and oxygen atoms in total. The Morgan fingerprint density at radius 3 is 1.88 bits per heavy atom. The Bertz CT molecular complexity index is 1220. The van der Waals surface area contributed by atoms with Crippen LogP contribution in [0.1, 0.15) is 10.4 Å². The second-order valence-corrected chi connectivity index (χ2v) is 8.34. The van der Waals surface area contributed by atoms with Crippen LogP contribution >= 0.6 is 0 Å². The maximum absolute atomic E-state index is 13.2. The first kappa shape index (κ1) is 23.7. The van der Waals surface area contributed by atoms with E-state index in [2.05, 4.69) is 10.0 Å². The number of methoxy groups -OCH3 is 4. The van der Waals surface area contributed by atoms with E-state index in [1.54, 1.807) is 48.5 Å². The van der Waals surface area contributed by atoms with Crippen LogP contribution in [0.25, 0.3) is 0 Å². The van der Waals surface area contributed by atoms with Crippen LogP contribution in [0.2, 0.25) is 0 Å². The number of nitrogens with one attached hydrogen (secondary N) is 2. The van der Waals surface area contributed by atoms with E-state index in [1.165, 1.54) is 40.6 Å². The van der Waals surface area contributed by atoms with Crippen molar-refractivity contribution in [3.8, 4) is 23.0 Å². The average Bonchev–Trinajstić information content (AvgIpc) is 2.83. The number of ether oxygens (including phenoxy) is 4. The topological polar surface area (TPSA) is 112 Å². The molecule has 2 N–H and O–H groups in total. The molecule has 0 saturated heterocycles. The van der Waals surface area contributed by atoms with Gasteiger partial charge in [0, 0.05) is 11.8 Å². The standard InChI is InChI=1S/C23H24N2O7S/c1-29-16-10-8-15(9-11-16)25-33(27,28)21-14-17(30-2)12-13-18(21)24-23(26)22-19(31-3)6-5-7-20(22)32-4/h5-14,25H,1-4H3,(H,24,26). The van der Waals surface area contributed by atoms with Crippen molar-refractivity contribution in [3.63, 3.8) is 0 Å². The molecule has 0 heterocycles. The Balaban J connectivity index is 2.00. The largest absolute Gasteiger partial charge is 0.497 e. The molecular weight excluding hydrogens is 448 g/mol. The third-order valence-electron chi connectivity index (χ3n) is 4.72. The van der Waals surface area contributed by atoms with Gasteiger partial charge in [0.05, 0.1) is 34.1 Å². The van der Waals surface area contributed by atoms with E-state index >= 15 is 0 Å². The number of rotatable bonds is 9. The second kappa shape index (κ2) is 10.1. The van der Waals surface area contributed by atoms with Crippen molar-refractivity contribution in [2.45, 2.75) is 4.90 Å². The fourth-order valence-electron chi connectivity index (χ4n) is 3.08. The number of carbonyl (C=O) groups excluding carboxylic acids is 1. The zero-order valence-corrected chi connectivity index (χ0v) is 19.4. The number of benzene rings is 3. The summed E-state index contributed by atoms with van der Waals surface area (Å²) in [6.07, 6.45) is 0. The normalized spacial score (nSPS) is 10.8. The zero-order chi connectivity index (χ0) is 24.0. The Kier molecular flexibility index (Phi) is 7.29. The number of hydrogen-bond donors (Lipinski definition) is 2. The fourth-order valence-corrected chi connectivity index (χ4v) is 4.32. The van der Waals surface area contributed by atoms with Crippen LogP contribution in [0.3, 0.4) is 0 Å². The lowest BCUT2D eigenvalue weighted by molar-refractivity contribution is 0.102. The minimum atomic E-state index is -4.10. The van der Waals surface area contributed by atoms with Gasteiger partial charge in [-0.1, -0.05) is 6.07 Å². The van der Waals surface area contributed by atoms with E-state index in [4.69, 9.17) is 18.9 Å². The number of sulfonamides is 1. The third-order valence-corrected chi connectivity index (χ3v) is 6.14. The molecule has 0 unspecified atom stereocenters. The van der Waals surface area contributed by atoms with Gasteiger partial charge in [-0.15, -0.1) is 0 Å². The molecule has 10 heteroatoms. The van der Waals surface area contributed by atoms with Crippen molar-refractivity contribution in [2.75, 3.05) is 38.5 Å². The Morgan fingerprint density at radius 2 is 1.33 bits per heavy atom. The lowest BCUT2D eigenvalue weighted by Gasteiger charge is -2.16. The van der Waals surface area contributed by atoms with Crippen LogP contribution in [-0.2, 0) is 10.0 Å². The van der Waals surface area contributed by atoms with E-state index in [0.29, 0.717) is 17.2 Å². The van der Waals surface area contributed by atoms with Crippen molar-refractivity contribution in [1.82, 2.24) is 0 Å². The quantitative estimate of drug-likeness (QED) is 0.487. The van der Waals surface area contributed by atoms with E-state index in [9.17, 15) is 13.2 Å². The SMILES string of the molecule is COc1ccc(NS(=O)(=O)c2cc(OC)ccc2NC(=O)c2c(OC)cccc2OC)cc1. The molecule has 0 radical (unpaired) electrons. The summed E-state index contributed by atoms with van der Waals surface area (Å²) < 4.78 is 49.8. The van der Waals surface area contributed by atoms with E-state index in [-0.39, 0.29) is 27.6 Å². The van der Waals surface area contributed by atoms with Gasteiger partial charge in [0.1, 0.15) is 33.5 Å². The summed E-state index contributed by atoms with van der Waals surface area (Å²) in [6.45, 7) is 0. The van der Waals surface area contributed by atoms with Crippen LogP contribution in [-0.4, -0.2) is 42.8 Å². The molecule has 0 aromatic heterocycles. The van der Waals surface area contributed by atoms with Crippen LogP contribution < -0.4 is 29.0 Å². The molecule has 0 saturated carbocycles. The first-order valence-corrected chi connectivity index (χ1v) is 11.2. The molecule has 33 heavy (non-hydrogen) atoms. The third kappa shape index (κ3) is 5.29. The first-order chi connectivity index (χ1) is 15.8. The number of amides is 1. The van der Waals surface area contributed by atoms with Gasteiger partial charge in [-0.2, -0.15) is 0 Å². The summed E-state index contributed by atoms with van der Waals surface area (Å²) in [6, 6.07) is 15.6. The van der Waals surface area contributed by atoms with E-state index < -0.39 is 15.9 Å². The summed E-state index contributed by atoms with van der Waals surface area (Å²) in [5.74, 6) is 0.841. The van der Waals surface area contributed by atoms with Crippen LogP contribution in [0, 0.1) is 0 Å². The van der Waals surface area contributed by atoms with Gasteiger partial charge >= 0.3 is 0 Å². The molecule has 0 aliphatic carbocycles. The Hall–Kier alpha value is -3.92.